The van der Waals surface area contributed by atoms with Crippen LogP contribution in [0.4, 0.5) is 0 Å². The molecule has 0 saturated heterocycles. The quantitative estimate of drug-likeness (QED) is 0.726. The van der Waals surface area contributed by atoms with Crippen molar-refractivity contribution in [2.24, 2.45) is 5.14 Å². The van der Waals surface area contributed by atoms with Gasteiger partial charge in [0.25, 0.3) is 0 Å². The third-order valence-corrected chi connectivity index (χ3v) is 20.3. The summed E-state index contributed by atoms with van der Waals surface area (Å²) in [7, 11) is -3.10. The van der Waals surface area contributed by atoms with Gasteiger partial charge in [-0.2, -0.15) is 0 Å². The molecule has 0 aromatic carbocycles. The second kappa shape index (κ2) is 7.06. The molecule has 0 aliphatic carbocycles. The zero-order valence-corrected chi connectivity index (χ0v) is 12.7. The Morgan fingerprint density at radius 1 is 1.08 bits per heavy atom. The van der Waals surface area contributed by atoms with Gasteiger partial charge < -0.3 is 0 Å². The van der Waals surface area contributed by atoms with E-state index >= 15 is 0 Å². The number of unbranched alkanes of at least 4 members (excludes halogenated alkanes) is 2. The van der Waals surface area contributed by atoms with Crippen LogP contribution in [0.3, 0.4) is 0 Å². The van der Waals surface area contributed by atoms with Crippen molar-refractivity contribution in [3.8, 4) is 0 Å². The van der Waals surface area contributed by atoms with E-state index in [9.17, 15) is 8.42 Å². The molecule has 2 N–H and O–H groups in total. The Kier molecular flexibility index (Phi) is 7.45. The Hall–Kier alpha value is 0.709. The fourth-order valence-electron chi connectivity index (χ4n) is 1.34. The van der Waals surface area contributed by atoms with Crippen LogP contribution in [0.1, 0.15) is 39.5 Å². The van der Waals surface area contributed by atoms with Crippen LogP contribution in [-0.4, -0.2) is 26.8 Å². The molecule has 0 aliphatic heterocycles. The van der Waals surface area contributed by atoms with Gasteiger partial charge in [0.1, 0.15) is 0 Å². The Bertz CT molecular complexity index is 208. The summed E-state index contributed by atoms with van der Waals surface area (Å²) in [4.78, 5) is 0. The van der Waals surface area contributed by atoms with Gasteiger partial charge in [0.05, 0.1) is 0 Å². The molecule has 3 nitrogen and oxygen atoms in total. The van der Waals surface area contributed by atoms with E-state index in [4.69, 9.17) is 5.14 Å². The fraction of sp³-hybridized carbons (Fsp3) is 1.00. The van der Waals surface area contributed by atoms with E-state index in [1.54, 1.807) is 0 Å². The number of hydrogen-bond donors (Lipinski definition) is 1. The van der Waals surface area contributed by atoms with Crippen LogP contribution < -0.4 is 5.14 Å². The van der Waals surface area contributed by atoms with Crippen LogP contribution in [0.2, 0.25) is 8.87 Å². The molecule has 0 heterocycles. The SMILES string of the molecule is CCC[CH2][SnH]([CH2]CCC)[S](N)(=O)=O. The van der Waals surface area contributed by atoms with Gasteiger partial charge in [0, 0.05) is 0 Å². The zero-order valence-electron chi connectivity index (χ0n) is 8.62. The third kappa shape index (κ3) is 6.74. The normalized spacial score (nSPS) is 12.3. The Balaban J connectivity index is 4.04. The first-order valence-electron chi connectivity index (χ1n) is 5.04. The van der Waals surface area contributed by atoms with Crippen molar-refractivity contribution in [2.45, 2.75) is 48.4 Å². The maximum absolute atomic E-state index is 11.2. The molecule has 0 fully saturated rings. The number of rotatable bonds is 7. The summed E-state index contributed by atoms with van der Waals surface area (Å²) in [5.74, 6) is 0. The standard InChI is InChI=1S/2C4H9.H2NO2S.Sn.H/c2*1-3-4-2;1-4(2)3;;/h2*1,3-4H2,2H3;(H2,1,2,3);;. The van der Waals surface area contributed by atoms with Crippen LogP contribution in [0.5, 0.6) is 0 Å². The average Bonchev–Trinajstić information content (AvgIpc) is 2.02. The van der Waals surface area contributed by atoms with Crippen LogP contribution in [0, 0.1) is 0 Å². The van der Waals surface area contributed by atoms with Crippen LogP contribution in [0.15, 0.2) is 0 Å². The molecule has 0 unspecified atom stereocenters. The summed E-state index contributed by atoms with van der Waals surface area (Å²) in [5.41, 5.74) is 0. The van der Waals surface area contributed by atoms with Gasteiger partial charge in [-0.3, -0.25) is 0 Å². The van der Waals surface area contributed by atoms with Crippen molar-refractivity contribution < 1.29 is 8.42 Å². The van der Waals surface area contributed by atoms with Gasteiger partial charge >= 0.3 is 87.5 Å². The summed E-state index contributed by atoms with van der Waals surface area (Å²) in [6.07, 6.45) is 4.24. The maximum atomic E-state index is 11.2. The molecule has 0 amide bonds. The molecule has 0 atom stereocenters. The van der Waals surface area contributed by atoms with Gasteiger partial charge in [-0.25, -0.2) is 0 Å². The molecule has 0 radical (unpaired) electrons. The second-order valence-electron chi connectivity index (χ2n) is 3.50. The van der Waals surface area contributed by atoms with Crippen molar-refractivity contribution in [3.63, 3.8) is 0 Å². The molecule has 0 aromatic rings. The third-order valence-electron chi connectivity index (χ3n) is 2.22. The topological polar surface area (TPSA) is 60.2 Å². The van der Waals surface area contributed by atoms with Gasteiger partial charge in [-0.1, -0.05) is 0 Å². The van der Waals surface area contributed by atoms with Crippen molar-refractivity contribution in [1.29, 1.82) is 0 Å². The van der Waals surface area contributed by atoms with E-state index < -0.39 is 25.6 Å². The minimum absolute atomic E-state index is 0.928. The monoisotopic (exact) mass is 315 g/mol. The van der Waals surface area contributed by atoms with E-state index in [0.717, 1.165) is 34.6 Å². The first kappa shape index (κ1) is 13.7. The molecular formula is C8H21NO2SSn. The van der Waals surface area contributed by atoms with E-state index in [2.05, 4.69) is 13.8 Å². The van der Waals surface area contributed by atoms with Gasteiger partial charge in [0.15, 0.2) is 0 Å². The number of nitrogens with two attached hydrogens (primary N) is 1. The van der Waals surface area contributed by atoms with E-state index in [1.807, 2.05) is 0 Å². The fourth-order valence-corrected chi connectivity index (χ4v) is 15.6. The second-order valence-corrected chi connectivity index (χ2v) is 21.6. The molecule has 13 heavy (non-hydrogen) atoms. The van der Waals surface area contributed by atoms with Crippen molar-refractivity contribution in [3.05, 3.63) is 0 Å². The Morgan fingerprint density at radius 3 is 1.69 bits per heavy atom. The van der Waals surface area contributed by atoms with Crippen LogP contribution >= 0.6 is 0 Å². The molecule has 5 heteroatoms. The van der Waals surface area contributed by atoms with E-state index in [-0.39, 0.29) is 0 Å². The molecule has 0 rings (SSSR count). The summed E-state index contributed by atoms with van der Waals surface area (Å²) in [5, 5.41) is 5.23. The molecule has 0 aromatic heterocycles. The Labute approximate surface area is 87.3 Å². The van der Waals surface area contributed by atoms with Crippen LogP contribution in [-0.2, 0) is 7.21 Å². The van der Waals surface area contributed by atoms with Crippen molar-refractivity contribution >= 4 is 25.6 Å². The zero-order chi connectivity index (χ0) is 10.3. The molecule has 0 bridgehead atoms. The number of hydrogen-bond acceptors (Lipinski definition) is 2. The Morgan fingerprint density at radius 2 is 1.46 bits per heavy atom. The van der Waals surface area contributed by atoms with Crippen molar-refractivity contribution in [2.75, 3.05) is 0 Å². The molecule has 80 valence electrons. The predicted molar refractivity (Wildman–Crippen MR) is 59.7 cm³/mol. The van der Waals surface area contributed by atoms with Gasteiger partial charge in [0.2, 0.25) is 0 Å². The minimum atomic E-state index is -3.10. The molecule has 0 saturated carbocycles. The predicted octanol–water partition coefficient (Wildman–Crippen LogP) is 1.60. The van der Waals surface area contributed by atoms with Crippen molar-refractivity contribution in [1.82, 2.24) is 0 Å². The summed E-state index contributed by atoms with van der Waals surface area (Å²) < 4.78 is 24.3. The molecule has 0 spiro atoms. The van der Waals surface area contributed by atoms with Crippen LogP contribution in [0.25, 0.3) is 0 Å². The van der Waals surface area contributed by atoms with E-state index in [1.165, 1.54) is 0 Å². The molecule has 0 aliphatic rings. The first-order valence-corrected chi connectivity index (χ1v) is 15.3. The summed E-state index contributed by atoms with van der Waals surface area (Å²) in [6.45, 7) is 4.18. The average molecular weight is 314 g/mol. The molecular weight excluding hydrogens is 293 g/mol. The summed E-state index contributed by atoms with van der Waals surface area (Å²) in [6, 6.07) is 0. The van der Waals surface area contributed by atoms with Gasteiger partial charge in [-0.15, -0.1) is 0 Å². The first-order chi connectivity index (χ1) is 6.02. The van der Waals surface area contributed by atoms with Gasteiger partial charge in [-0.05, 0) is 0 Å². The van der Waals surface area contributed by atoms with E-state index in [0.29, 0.717) is 0 Å². The summed E-state index contributed by atoms with van der Waals surface area (Å²) >= 11 is -2.42.